The van der Waals surface area contributed by atoms with Gasteiger partial charge in [-0.3, -0.25) is 9.59 Å². The molecule has 1 aliphatic heterocycles. The Morgan fingerprint density at radius 2 is 2.18 bits per heavy atom. The molecular weight excluding hydrogens is 142 g/mol. The van der Waals surface area contributed by atoms with Gasteiger partial charge in [0, 0.05) is 24.1 Å². The maximum atomic E-state index is 11.1. The molecule has 0 aromatic carbocycles. The Labute approximate surface area is 63.8 Å². The van der Waals surface area contributed by atoms with E-state index >= 15 is 0 Å². The highest BCUT2D eigenvalue weighted by atomic mass is 16.2. The Hall–Kier alpha value is -1.38. The fraction of sp³-hybridized carbons (Fsp3) is 0.250. The van der Waals surface area contributed by atoms with Crippen molar-refractivity contribution in [2.45, 2.75) is 6.42 Å². The third-order valence-electron chi connectivity index (χ3n) is 1.92. The van der Waals surface area contributed by atoms with Crippen LogP contribution in [0.5, 0.6) is 0 Å². The summed E-state index contributed by atoms with van der Waals surface area (Å²) in [6.07, 6.45) is 3.89. The summed E-state index contributed by atoms with van der Waals surface area (Å²) < 4.78 is 0. The summed E-state index contributed by atoms with van der Waals surface area (Å²) in [6.45, 7) is 0.414. The molecule has 0 fully saturated rings. The second-order valence-electron chi connectivity index (χ2n) is 2.60. The lowest BCUT2D eigenvalue weighted by atomic mass is 9.99. The Balaban J connectivity index is 2.48. The number of Topliss-reactive ketones (excluding diaryl/α,β-unsaturated/α-hetero) is 1. The van der Waals surface area contributed by atoms with Crippen molar-refractivity contribution in [3.63, 3.8) is 0 Å². The zero-order valence-electron chi connectivity index (χ0n) is 5.89. The molecule has 3 nitrogen and oxygen atoms in total. The third kappa shape index (κ3) is 0.808. The van der Waals surface area contributed by atoms with E-state index in [0.29, 0.717) is 24.1 Å². The average Bonchev–Trinajstić information content (AvgIpc) is 2.35. The van der Waals surface area contributed by atoms with Crippen LogP contribution in [0, 0.1) is 0 Å². The predicted molar refractivity (Wildman–Crippen MR) is 38.8 cm³/mol. The first-order valence-electron chi connectivity index (χ1n) is 3.50. The minimum atomic E-state index is -0.121. The molecule has 0 aromatic heterocycles. The van der Waals surface area contributed by atoms with Gasteiger partial charge in [-0.15, -0.1) is 0 Å². The summed E-state index contributed by atoms with van der Waals surface area (Å²) in [5, 5.41) is 2.61. The maximum absolute atomic E-state index is 11.1. The second kappa shape index (κ2) is 2.05. The van der Waals surface area contributed by atoms with Crippen LogP contribution in [0.3, 0.4) is 0 Å². The van der Waals surface area contributed by atoms with E-state index in [1.54, 1.807) is 12.2 Å². The summed E-state index contributed by atoms with van der Waals surface area (Å²) in [5.74, 6) is -0.0508. The van der Waals surface area contributed by atoms with E-state index in [2.05, 4.69) is 5.32 Å². The van der Waals surface area contributed by atoms with Gasteiger partial charge in [0.1, 0.15) is 0 Å². The number of amides is 1. The first kappa shape index (κ1) is 6.34. The molecule has 0 radical (unpaired) electrons. The summed E-state index contributed by atoms with van der Waals surface area (Å²) in [5.41, 5.74) is 1.21. The molecule has 11 heavy (non-hydrogen) atoms. The molecule has 0 spiro atoms. The molecular formula is C8H7NO2. The molecule has 0 unspecified atom stereocenters. The normalized spacial score (nSPS) is 22.2. The number of hydrogen-bond acceptors (Lipinski definition) is 2. The van der Waals surface area contributed by atoms with Crippen LogP contribution in [0.2, 0.25) is 0 Å². The van der Waals surface area contributed by atoms with E-state index in [1.807, 2.05) is 0 Å². The molecule has 0 bridgehead atoms. The van der Waals surface area contributed by atoms with Gasteiger partial charge in [-0.25, -0.2) is 0 Å². The highest BCUT2D eigenvalue weighted by Gasteiger charge is 2.26. The van der Waals surface area contributed by atoms with Crippen LogP contribution in [0.1, 0.15) is 6.42 Å². The minimum absolute atomic E-state index is 0.0702. The minimum Gasteiger partial charge on any atom is -0.348 e. The number of nitrogens with one attached hydrogen (secondary N) is 1. The standard InChI is InChI=1S/C8H7NO2/c10-7-3-1-2-5-6(7)4-9-8(5)11/h1-2H,3-4H2,(H,9,11). The van der Waals surface area contributed by atoms with E-state index < -0.39 is 0 Å². The van der Waals surface area contributed by atoms with Crippen molar-refractivity contribution in [3.8, 4) is 0 Å². The summed E-state index contributed by atoms with van der Waals surface area (Å²) in [7, 11) is 0. The molecule has 56 valence electrons. The van der Waals surface area contributed by atoms with Gasteiger partial charge in [-0.05, 0) is 0 Å². The molecule has 0 aromatic rings. The number of allylic oxidation sites excluding steroid dienone is 1. The van der Waals surface area contributed by atoms with E-state index in [9.17, 15) is 9.59 Å². The molecule has 2 aliphatic rings. The van der Waals surface area contributed by atoms with E-state index in [4.69, 9.17) is 0 Å². The Bertz CT molecular complexity index is 299. The van der Waals surface area contributed by atoms with Crippen LogP contribution in [-0.4, -0.2) is 18.2 Å². The quantitative estimate of drug-likeness (QED) is 0.524. The molecule has 1 aliphatic carbocycles. The lowest BCUT2D eigenvalue weighted by molar-refractivity contribution is -0.117. The van der Waals surface area contributed by atoms with Gasteiger partial charge >= 0.3 is 0 Å². The van der Waals surface area contributed by atoms with Crippen LogP contribution in [-0.2, 0) is 9.59 Å². The Morgan fingerprint density at radius 3 is 2.91 bits per heavy atom. The number of ketones is 1. The van der Waals surface area contributed by atoms with Crippen LogP contribution in [0.15, 0.2) is 23.3 Å². The van der Waals surface area contributed by atoms with Gasteiger partial charge < -0.3 is 5.32 Å². The van der Waals surface area contributed by atoms with Crippen LogP contribution >= 0.6 is 0 Å². The first-order chi connectivity index (χ1) is 5.29. The van der Waals surface area contributed by atoms with Gasteiger partial charge in [0.05, 0.1) is 0 Å². The topological polar surface area (TPSA) is 46.2 Å². The molecule has 1 amide bonds. The first-order valence-corrected chi connectivity index (χ1v) is 3.50. The lowest BCUT2D eigenvalue weighted by Crippen LogP contribution is -2.17. The van der Waals surface area contributed by atoms with Crippen LogP contribution in [0.25, 0.3) is 0 Å². The molecule has 0 atom stereocenters. The van der Waals surface area contributed by atoms with Gasteiger partial charge in [-0.2, -0.15) is 0 Å². The zero-order valence-corrected chi connectivity index (χ0v) is 5.89. The Morgan fingerprint density at radius 1 is 1.36 bits per heavy atom. The molecule has 1 N–H and O–H groups in total. The van der Waals surface area contributed by atoms with E-state index in [1.165, 1.54) is 0 Å². The largest absolute Gasteiger partial charge is 0.348 e. The SMILES string of the molecule is O=C1CC=CC2=C1CNC2=O. The molecule has 3 heteroatoms. The van der Waals surface area contributed by atoms with E-state index in [0.717, 1.165) is 0 Å². The van der Waals surface area contributed by atoms with Crippen molar-refractivity contribution in [1.82, 2.24) is 5.32 Å². The predicted octanol–water partition coefficient (Wildman–Crippen LogP) is -0.0582. The summed E-state index contributed by atoms with van der Waals surface area (Å²) >= 11 is 0. The Kier molecular flexibility index (Phi) is 1.18. The maximum Gasteiger partial charge on any atom is 0.252 e. The number of rotatable bonds is 0. The van der Waals surface area contributed by atoms with Crippen molar-refractivity contribution in [2.24, 2.45) is 0 Å². The van der Waals surface area contributed by atoms with E-state index in [-0.39, 0.29) is 11.7 Å². The number of carbonyl (C=O) groups excluding carboxylic acids is 2. The van der Waals surface area contributed by atoms with Crippen LogP contribution < -0.4 is 5.32 Å². The summed E-state index contributed by atoms with van der Waals surface area (Å²) in [6, 6.07) is 0. The molecule has 1 heterocycles. The molecule has 0 saturated heterocycles. The summed E-state index contributed by atoms with van der Waals surface area (Å²) in [4.78, 5) is 22.1. The highest BCUT2D eigenvalue weighted by Crippen LogP contribution is 2.19. The molecule has 0 saturated carbocycles. The smallest absolute Gasteiger partial charge is 0.252 e. The van der Waals surface area contributed by atoms with Crippen molar-refractivity contribution in [3.05, 3.63) is 23.3 Å². The van der Waals surface area contributed by atoms with Crippen molar-refractivity contribution < 1.29 is 9.59 Å². The van der Waals surface area contributed by atoms with Gasteiger partial charge in [0.25, 0.3) is 5.91 Å². The second-order valence-corrected chi connectivity index (χ2v) is 2.60. The zero-order chi connectivity index (χ0) is 7.84. The van der Waals surface area contributed by atoms with Crippen molar-refractivity contribution in [1.29, 1.82) is 0 Å². The number of carbonyl (C=O) groups is 2. The lowest BCUT2D eigenvalue weighted by Gasteiger charge is -2.02. The van der Waals surface area contributed by atoms with Crippen LogP contribution in [0.4, 0.5) is 0 Å². The monoisotopic (exact) mass is 149 g/mol. The third-order valence-corrected chi connectivity index (χ3v) is 1.92. The van der Waals surface area contributed by atoms with Gasteiger partial charge in [-0.1, -0.05) is 12.2 Å². The number of hydrogen-bond donors (Lipinski definition) is 1. The fourth-order valence-corrected chi connectivity index (χ4v) is 1.33. The van der Waals surface area contributed by atoms with Crippen molar-refractivity contribution in [2.75, 3.05) is 6.54 Å². The van der Waals surface area contributed by atoms with Gasteiger partial charge in [0.2, 0.25) is 0 Å². The van der Waals surface area contributed by atoms with Gasteiger partial charge in [0.15, 0.2) is 5.78 Å². The fourth-order valence-electron chi connectivity index (χ4n) is 1.33. The van der Waals surface area contributed by atoms with Crippen molar-refractivity contribution >= 4 is 11.7 Å². The molecule has 2 rings (SSSR count). The highest BCUT2D eigenvalue weighted by molar-refractivity contribution is 6.12. The average molecular weight is 149 g/mol.